The number of hydrogen-bond acceptors (Lipinski definition) is 1. The summed E-state index contributed by atoms with van der Waals surface area (Å²) < 4.78 is 26.7. The summed E-state index contributed by atoms with van der Waals surface area (Å²) in [7, 11) is 0. The minimum absolute atomic E-state index is 0.0371. The molecule has 0 heterocycles. The number of nitrogens with one attached hydrogen (secondary N) is 1. The van der Waals surface area contributed by atoms with Crippen LogP contribution in [0.2, 0.25) is 0 Å². The zero-order valence-electron chi connectivity index (χ0n) is 10.8. The van der Waals surface area contributed by atoms with Crippen molar-refractivity contribution >= 4 is 0 Å². The Balaban J connectivity index is 2.83. The zero-order chi connectivity index (χ0) is 12.9. The minimum Gasteiger partial charge on any atom is -0.316 e. The normalized spacial score (nSPS) is 14.6. The fraction of sp³-hybridized carbons (Fsp3) is 0.571. The average Bonchev–Trinajstić information content (AvgIpc) is 2.33. The second-order valence-electron chi connectivity index (χ2n) is 4.83. The first-order valence-corrected chi connectivity index (χ1v) is 6.16. The Hall–Kier alpha value is -0.960. The minimum atomic E-state index is -0.760. The first-order valence-electron chi connectivity index (χ1n) is 6.16. The standard InChI is InChI=1S/C14H21F2N/c1-4-14(3,10-17-5-2)9-11-7-6-8-12(15)13(11)16/h6-8,17H,4-5,9-10H2,1-3H3. The van der Waals surface area contributed by atoms with Crippen molar-refractivity contribution < 1.29 is 8.78 Å². The molecule has 1 rings (SSSR count). The van der Waals surface area contributed by atoms with Crippen LogP contribution in [0.3, 0.4) is 0 Å². The summed E-state index contributed by atoms with van der Waals surface area (Å²) in [4.78, 5) is 0. The van der Waals surface area contributed by atoms with Crippen molar-refractivity contribution in [1.29, 1.82) is 0 Å². The molecule has 0 radical (unpaired) electrons. The van der Waals surface area contributed by atoms with Crippen LogP contribution in [0.5, 0.6) is 0 Å². The van der Waals surface area contributed by atoms with Gasteiger partial charge < -0.3 is 5.32 Å². The summed E-state index contributed by atoms with van der Waals surface area (Å²) in [5.74, 6) is -1.46. The molecule has 96 valence electrons. The van der Waals surface area contributed by atoms with Gasteiger partial charge in [0.15, 0.2) is 11.6 Å². The molecule has 0 aliphatic carbocycles. The lowest BCUT2D eigenvalue weighted by Crippen LogP contribution is -2.33. The largest absolute Gasteiger partial charge is 0.316 e. The molecule has 0 bridgehead atoms. The Morgan fingerprint density at radius 1 is 1.24 bits per heavy atom. The van der Waals surface area contributed by atoms with E-state index in [2.05, 4.69) is 19.2 Å². The van der Waals surface area contributed by atoms with E-state index in [0.29, 0.717) is 12.0 Å². The van der Waals surface area contributed by atoms with E-state index in [1.165, 1.54) is 0 Å². The first-order chi connectivity index (χ1) is 8.02. The van der Waals surface area contributed by atoms with E-state index < -0.39 is 11.6 Å². The van der Waals surface area contributed by atoms with Gasteiger partial charge in [-0.25, -0.2) is 8.78 Å². The van der Waals surface area contributed by atoms with Gasteiger partial charge in [0.05, 0.1) is 0 Å². The molecule has 0 aliphatic rings. The highest BCUT2D eigenvalue weighted by molar-refractivity contribution is 5.20. The Morgan fingerprint density at radius 3 is 2.53 bits per heavy atom. The predicted molar refractivity (Wildman–Crippen MR) is 67.0 cm³/mol. The van der Waals surface area contributed by atoms with Crippen molar-refractivity contribution in [3.63, 3.8) is 0 Å². The Morgan fingerprint density at radius 2 is 1.94 bits per heavy atom. The highest BCUT2D eigenvalue weighted by atomic mass is 19.2. The third-order valence-electron chi connectivity index (χ3n) is 3.30. The van der Waals surface area contributed by atoms with E-state index in [0.717, 1.165) is 25.6 Å². The third-order valence-corrected chi connectivity index (χ3v) is 3.30. The van der Waals surface area contributed by atoms with Crippen LogP contribution in [0.15, 0.2) is 18.2 Å². The van der Waals surface area contributed by atoms with Gasteiger partial charge in [0.25, 0.3) is 0 Å². The van der Waals surface area contributed by atoms with Crippen LogP contribution >= 0.6 is 0 Å². The fourth-order valence-corrected chi connectivity index (χ4v) is 1.88. The maximum atomic E-state index is 13.6. The van der Waals surface area contributed by atoms with Crippen LogP contribution in [0.25, 0.3) is 0 Å². The molecular weight excluding hydrogens is 220 g/mol. The summed E-state index contributed by atoms with van der Waals surface area (Å²) >= 11 is 0. The molecular formula is C14H21F2N. The molecule has 3 heteroatoms. The summed E-state index contributed by atoms with van der Waals surface area (Å²) in [6.07, 6.45) is 1.48. The molecule has 1 aromatic carbocycles. The highest BCUT2D eigenvalue weighted by Crippen LogP contribution is 2.27. The maximum Gasteiger partial charge on any atom is 0.162 e. The second kappa shape index (κ2) is 6.10. The van der Waals surface area contributed by atoms with Crippen LogP contribution < -0.4 is 5.32 Å². The number of benzene rings is 1. The van der Waals surface area contributed by atoms with Crippen molar-refractivity contribution in [3.8, 4) is 0 Å². The molecule has 0 saturated heterocycles. The van der Waals surface area contributed by atoms with Gasteiger partial charge in [-0.05, 0) is 36.4 Å². The van der Waals surface area contributed by atoms with Crippen LogP contribution in [-0.4, -0.2) is 13.1 Å². The van der Waals surface area contributed by atoms with E-state index >= 15 is 0 Å². The summed E-state index contributed by atoms with van der Waals surface area (Å²) in [6.45, 7) is 7.92. The van der Waals surface area contributed by atoms with Crippen LogP contribution in [0.1, 0.15) is 32.8 Å². The summed E-state index contributed by atoms with van der Waals surface area (Å²) in [5.41, 5.74) is 0.428. The van der Waals surface area contributed by atoms with Gasteiger partial charge in [-0.15, -0.1) is 0 Å². The molecule has 0 amide bonds. The second-order valence-corrected chi connectivity index (χ2v) is 4.83. The maximum absolute atomic E-state index is 13.6. The van der Waals surface area contributed by atoms with Gasteiger partial charge in [-0.1, -0.05) is 32.9 Å². The molecule has 0 saturated carbocycles. The topological polar surface area (TPSA) is 12.0 Å². The van der Waals surface area contributed by atoms with Gasteiger partial charge in [0, 0.05) is 6.54 Å². The number of halogens is 2. The summed E-state index contributed by atoms with van der Waals surface area (Å²) in [6, 6.07) is 4.39. The van der Waals surface area contributed by atoms with E-state index in [1.54, 1.807) is 12.1 Å². The Labute approximate surface area is 102 Å². The van der Waals surface area contributed by atoms with Gasteiger partial charge in [-0.2, -0.15) is 0 Å². The van der Waals surface area contributed by atoms with E-state index in [1.807, 2.05) is 6.92 Å². The van der Waals surface area contributed by atoms with Gasteiger partial charge in [0.1, 0.15) is 0 Å². The summed E-state index contributed by atoms with van der Waals surface area (Å²) in [5, 5.41) is 3.28. The monoisotopic (exact) mass is 241 g/mol. The van der Waals surface area contributed by atoms with Crippen molar-refractivity contribution in [2.45, 2.75) is 33.6 Å². The zero-order valence-corrected chi connectivity index (χ0v) is 10.8. The lowest BCUT2D eigenvalue weighted by atomic mass is 9.81. The molecule has 1 nitrogen and oxygen atoms in total. The van der Waals surface area contributed by atoms with Crippen molar-refractivity contribution in [2.75, 3.05) is 13.1 Å². The smallest absolute Gasteiger partial charge is 0.162 e. The van der Waals surface area contributed by atoms with E-state index in [-0.39, 0.29) is 5.41 Å². The lowest BCUT2D eigenvalue weighted by molar-refractivity contribution is 0.288. The first kappa shape index (κ1) is 14.1. The van der Waals surface area contributed by atoms with Crippen molar-refractivity contribution in [2.24, 2.45) is 5.41 Å². The molecule has 0 spiro atoms. The average molecular weight is 241 g/mol. The molecule has 1 atom stereocenters. The van der Waals surface area contributed by atoms with Crippen molar-refractivity contribution in [3.05, 3.63) is 35.4 Å². The van der Waals surface area contributed by atoms with E-state index in [9.17, 15) is 8.78 Å². The Bertz CT molecular complexity index is 365. The Kier molecular flexibility index (Phi) is 5.06. The van der Waals surface area contributed by atoms with Crippen LogP contribution in [0, 0.1) is 17.0 Å². The molecule has 1 unspecified atom stereocenters. The number of hydrogen-bond donors (Lipinski definition) is 1. The van der Waals surface area contributed by atoms with E-state index in [4.69, 9.17) is 0 Å². The molecule has 17 heavy (non-hydrogen) atoms. The molecule has 1 aromatic rings. The molecule has 0 aliphatic heterocycles. The molecule has 0 fully saturated rings. The van der Waals surface area contributed by atoms with Gasteiger partial charge in [0.2, 0.25) is 0 Å². The van der Waals surface area contributed by atoms with Crippen LogP contribution in [-0.2, 0) is 6.42 Å². The van der Waals surface area contributed by atoms with Crippen LogP contribution in [0.4, 0.5) is 8.78 Å². The SMILES string of the molecule is CCNCC(C)(CC)Cc1cccc(F)c1F. The number of rotatable bonds is 6. The molecule has 1 N–H and O–H groups in total. The highest BCUT2D eigenvalue weighted by Gasteiger charge is 2.24. The lowest BCUT2D eigenvalue weighted by Gasteiger charge is -2.28. The van der Waals surface area contributed by atoms with Crippen molar-refractivity contribution in [1.82, 2.24) is 5.32 Å². The predicted octanol–water partition coefficient (Wildman–Crippen LogP) is 3.53. The third kappa shape index (κ3) is 3.77. The van der Waals surface area contributed by atoms with Gasteiger partial charge >= 0.3 is 0 Å². The molecule has 0 aromatic heterocycles. The quantitative estimate of drug-likeness (QED) is 0.803. The fourth-order valence-electron chi connectivity index (χ4n) is 1.88. The van der Waals surface area contributed by atoms with Gasteiger partial charge in [-0.3, -0.25) is 0 Å².